The molecule has 3 heterocycles. The van der Waals surface area contributed by atoms with Gasteiger partial charge in [-0.25, -0.2) is 0 Å². The van der Waals surface area contributed by atoms with Crippen molar-refractivity contribution in [3.63, 3.8) is 0 Å². The molecule has 2 N–H and O–H groups in total. The van der Waals surface area contributed by atoms with Gasteiger partial charge in [-0.2, -0.15) is 0 Å². The summed E-state index contributed by atoms with van der Waals surface area (Å²) in [5.74, 6) is 2.65. The van der Waals surface area contributed by atoms with Gasteiger partial charge in [0.1, 0.15) is 5.76 Å². The van der Waals surface area contributed by atoms with Crippen LogP contribution in [0, 0.1) is 11.3 Å². The van der Waals surface area contributed by atoms with Crippen molar-refractivity contribution in [1.29, 1.82) is 0 Å². The summed E-state index contributed by atoms with van der Waals surface area (Å²) in [6, 6.07) is 4.82. The maximum Gasteiger partial charge on any atom is 0.191 e. The Bertz CT molecular complexity index is 698. The molecule has 1 aromatic rings. The lowest BCUT2D eigenvalue weighted by molar-refractivity contribution is -0.125. The Balaban J connectivity index is 0.00000218. The summed E-state index contributed by atoms with van der Waals surface area (Å²) >= 11 is 0. The molecule has 4 atom stereocenters. The van der Waals surface area contributed by atoms with Crippen LogP contribution in [0.25, 0.3) is 0 Å². The van der Waals surface area contributed by atoms with Crippen LogP contribution in [0.2, 0.25) is 0 Å². The zero-order valence-corrected chi connectivity index (χ0v) is 20.5. The van der Waals surface area contributed by atoms with Gasteiger partial charge in [0.25, 0.3) is 0 Å². The van der Waals surface area contributed by atoms with Crippen LogP contribution in [0.4, 0.5) is 0 Å². The summed E-state index contributed by atoms with van der Waals surface area (Å²) in [5, 5.41) is 7.37. The standard InChI is InChI=1S/C23H36N4O2.HI/c1-2-24-22(25-16-18(19-8-7-14-28-19)27-12-5-6-13-27)26-20-17-9-15-29-21(17)23(20)10-3-4-11-23;/h7-8,14,17-18,20-21H,2-6,9-13,15-16H2,1H3,(H2,24,25,26);1H. The molecular formula is C23H37IN4O2. The highest BCUT2D eigenvalue weighted by Gasteiger charge is 2.65. The number of aliphatic imine (C=N–C) groups is 1. The number of halogens is 1. The number of likely N-dealkylation sites (tertiary alicyclic amines) is 1. The van der Waals surface area contributed by atoms with Crippen molar-refractivity contribution in [3.8, 4) is 0 Å². The largest absolute Gasteiger partial charge is 0.468 e. The molecule has 7 heteroatoms. The fourth-order valence-corrected chi connectivity index (χ4v) is 6.47. The molecule has 4 unspecified atom stereocenters. The second kappa shape index (κ2) is 9.77. The zero-order chi connectivity index (χ0) is 19.7. The first-order valence-electron chi connectivity index (χ1n) is 11.8. The first-order valence-corrected chi connectivity index (χ1v) is 11.8. The van der Waals surface area contributed by atoms with Crippen LogP contribution in [-0.2, 0) is 4.74 Å². The molecule has 4 fully saturated rings. The number of hydrogen-bond donors (Lipinski definition) is 2. The minimum absolute atomic E-state index is 0. The molecule has 5 rings (SSSR count). The van der Waals surface area contributed by atoms with E-state index in [1.54, 1.807) is 6.26 Å². The zero-order valence-electron chi connectivity index (χ0n) is 18.1. The van der Waals surface area contributed by atoms with Gasteiger partial charge in [0, 0.05) is 30.5 Å². The summed E-state index contributed by atoms with van der Waals surface area (Å²) in [5.41, 5.74) is 0.340. The minimum Gasteiger partial charge on any atom is -0.468 e. The summed E-state index contributed by atoms with van der Waals surface area (Å²) in [4.78, 5) is 7.58. The predicted octanol–water partition coefficient (Wildman–Crippen LogP) is 3.94. The highest BCUT2D eigenvalue weighted by Crippen LogP contribution is 2.60. The number of guanidine groups is 1. The summed E-state index contributed by atoms with van der Waals surface area (Å²) in [6.07, 6.45) is 11.3. The molecule has 30 heavy (non-hydrogen) atoms. The van der Waals surface area contributed by atoms with Gasteiger partial charge in [-0.3, -0.25) is 9.89 Å². The quantitative estimate of drug-likeness (QED) is 0.333. The maximum absolute atomic E-state index is 6.16. The average Bonchev–Trinajstić information content (AvgIpc) is 3.53. The van der Waals surface area contributed by atoms with E-state index >= 15 is 0 Å². The molecule has 2 saturated carbocycles. The molecule has 6 nitrogen and oxygen atoms in total. The third-order valence-corrected chi connectivity index (χ3v) is 7.80. The summed E-state index contributed by atoms with van der Waals surface area (Å²) in [7, 11) is 0. The predicted molar refractivity (Wildman–Crippen MR) is 129 cm³/mol. The first kappa shape index (κ1) is 22.4. The third kappa shape index (κ3) is 4.01. The molecule has 0 aromatic carbocycles. The van der Waals surface area contributed by atoms with Crippen LogP contribution in [0.3, 0.4) is 0 Å². The van der Waals surface area contributed by atoms with Crippen LogP contribution in [0.5, 0.6) is 0 Å². The van der Waals surface area contributed by atoms with E-state index in [4.69, 9.17) is 14.1 Å². The SMILES string of the molecule is CCNC(=NCC(c1ccco1)N1CCCC1)NC1C2CCOC2C12CCCC2.I. The second-order valence-electron chi connectivity index (χ2n) is 9.30. The van der Waals surface area contributed by atoms with E-state index in [0.29, 0.717) is 23.5 Å². The molecule has 0 radical (unpaired) electrons. The summed E-state index contributed by atoms with van der Waals surface area (Å²) < 4.78 is 11.9. The normalized spacial score (nSPS) is 31.2. The van der Waals surface area contributed by atoms with Crippen molar-refractivity contribution in [2.24, 2.45) is 16.3 Å². The van der Waals surface area contributed by atoms with Gasteiger partial charge in [0.2, 0.25) is 0 Å². The number of hydrogen-bond acceptors (Lipinski definition) is 4. The maximum atomic E-state index is 6.16. The van der Waals surface area contributed by atoms with Crippen LogP contribution in [0.1, 0.15) is 63.7 Å². The van der Waals surface area contributed by atoms with Gasteiger partial charge >= 0.3 is 0 Å². The lowest BCUT2D eigenvalue weighted by Crippen LogP contribution is -2.69. The van der Waals surface area contributed by atoms with E-state index in [9.17, 15) is 0 Å². The smallest absolute Gasteiger partial charge is 0.191 e. The molecule has 2 aliphatic carbocycles. The van der Waals surface area contributed by atoms with E-state index in [1.807, 2.05) is 6.07 Å². The lowest BCUT2D eigenvalue weighted by atomic mass is 9.54. The lowest BCUT2D eigenvalue weighted by Gasteiger charge is -2.57. The van der Waals surface area contributed by atoms with Gasteiger partial charge in [0.05, 0.1) is 25.0 Å². The molecule has 168 valence electrons. The Labute approximate surface area is 197 Å². The van der Waals surface area contributed by atoms with Gasteiger partial charge in [-0.1, -0.05) is 12.8 Å². The Kier molecular flexibility index (Phi) is 7.30. The molecule has 2 saturated heterocycles. The molecule has 2 aliphatic heterocycles. The van der Waals surface area contributed by atoms with Crippen molar-refractivity contribution >= 4 is 29.9 Å². The Morgan fingerprint density at radius 1 is 1.27 bits per heavy atom. The molecule has 0 amide bonds. The van der Waals surface area contributed by atoms with E-state index < -0.39 is 0 Å². The number of fused-ring (bicyclic) bond motifs is 2. The van der Waals surface area contributed by atoms with Crippen molar-refractivity contribution in [1.82, 2.24) is 15.5 Å². The van der Waals surface area contributed by atoms with Crippen molar-refractivity contribution < 1.29 is 9.15 Å². The van der Waals surface area contributed by atoms with Crippen LogP contribution in [-0.4, -0.2) is 55.8 Å². The number of ether oxygens (including phenoxy) is 1. The van der Waals surface area contributed by atoms with Gasteiger partial charge < -0.3 is 19.8 Å². The highest BCUT2D eigenvalue weighted by atomic mass is 127. The van der Waals surface area contributed by atoms with E-state index in [0.717, 1.165) is 44.5 Å². The number of rotatable bonds is 6. The third-order valence-electron chi connectivity index (χ3n) is 7.80. The Hall–Kier alpha value is -0.800. The molecular weight excluding hydrogens is 491 g/mol. The molecule has 1 aromatic heterocycles. The number of furan rings is 1. The Morgan fingerprint density at radius 2 is 2.07 bits per heavy atom. The van der Waals surface area contributed by atoms with Crippen LogP contribution in [0.15, 0.2) is 27.8 Å². The molecule has 0 bridgehead atoms. The monoisotopic (exact) mass is 528 g/mol. The van der Waals surface area contributed by atoms with E-state index in [-0.39, 0.29) is 30.0 Å². The Morgan fingerprint density at radius 3 is 2.77 bits per heavy atom. The second-order valence-corrected chi connectivity index (χ2v) is 9.30. The van der Waals surface area contributed by atoms with Gasteiger partial charge in [0.15, 0.2) is 5.96 Å². The first-order chi connectivity index (χ1) is 14.3. The van der Waals surface area contributed by atoms with Crippen LogP contribution >= 0.6 is 24.0 Å². The fraction of sp³-hybridized carbons (Fsp3) is 0.783. The minimum atomic E-state index is 0. The van der Waals surface area contributed by atoms with E-state index in [1.165, 1.54) is 44.9 Å². The van der Waals surface area contributed by atoms with Crippen LogP contribution < -0.4 is 10.6 Å². The van der Waals surface area contributed by atoms with Gasteiger partial charge in [-0.15, -0.1) is 24.0 Å². The summed E-state index contributed by atoms with van der Waals surface area (Å²) in [6.45, 7) is 6.96. The topological polar surface area (TPSA) is 62.0 Å². The van der Waals surface area contributed by atoms with Crippen molar-refractivity contribution in [2.75, 3.05) is 32.8 Å². The number of nitrogens with one attached hydrogen (secondary N) is 2. The fourth-order valence-electron chi connectivity index (χ4n) is 6.47. The highest BCUT2D eigenvalue weighted by molar-refractivity contribution is 14.0. The van der Waals surface area contributed by atoms with Crippen molar-refractivity contribution in [2.45, 2.75) is 70.1 Å². The van der Waals surface area contributed by atoms with Crippen molar-refractivity contribution in [3.05, 3.63) is 24.2 Å². The molecule has 4 aliphatic rings. The number of nitrogens with zero attached hydrogens (tertiary/aromatic N) is 2. The molecule has 1 spiro atoms. The van der Waals surface area contributed by atoms with E-state index in [2.05, 4.69) is 28.5 Å². The van der Waals surface area contributed by atoms with Gasteiger partial charge in [-0.05, 0) is 64.3 Å². The average molecular weight is 528 g/mol.